The van der Waals surface area contributed by atoms with Crippen molar-refractivity contribution in [1.82, 2.24) is 9.47 Å². The maximum absolute atomic E-state index is 13.9. The zero-order valence-corrected chi connectivity index (χ0v) is 23.6. The number of hydrogen-bond donors (Lipinski definition) is 0. The molecule has 0 spiro atoms. The lowest BCUT2D eigenvalue weighted by Gasteiger charge is -2.29. The smallest absolute Gasteiger partial charge is 0.271 e. The number of likely N-dealkylation sites (N-methyl/N-ethyl adjacent to an activating group) is 1. The predicted octanol–water partition coefficient (Wildman–Crippen LogP) is 4.73. The van der Waals surface area contributed by atoms with E-state index < -0.39 is 6.04 Å². The molecule has 1 saturated heterocycles. The highest BCUT2D eigenvalue weighted by molar-refractivity contribution is 7.07. The van der Waals surface area contributed by atoms with Gasteiger partial charge in [-0.3, -0.25) is 14.2 Å². The number of hydrogen-bond acceptors (Lipinski definition) is 6. The lowest BCUT2D eigenvalue weighted by Crippen LogP contribution is -2.43. The molecule has 2 aliphatic heterocycles. The minimum Gasteiger partial charge on any atom is -0.441 e. The van der Waals surface area contributed by atoms with Crippen LogP contribution in [-0.4, -0.2) is 41.6 Å². The Labute approximate surface area is 231 Å². The first-order valence-corrected chi connectivity index (χ1v) is 14.5. The van der Waals surface area contributed by atoms with Gasteiger partial charge in [0.1, 0.15) is 5.76 Å². The number of furan rings is 1. The molecule has 1 atom stereocenters. The maximum atomic E-state index is 13.9. The number of carbonyl (C=O) groups is 1. The van der Waals surface area contributed by atoms with E-state index in [1.54, 1.807) is 27.7 Å². The quantitative estimate of drug-likeness (QED) is 0.443. The summed E-state index contributed by atoms with van der Waals surface area (Å²) in [6.45, 7) is 8.86. The van der Waals surface area contributed by atoms with Crippen LogP contribution in [0.1, 0.15) is 63.8 Å². The van der Waals surface area contributed by atoms with E-state index in [1.165, 1.54) is 24.2 Å². The van der Waals surface area contributed by atoms with E-state index in [4.69, 9.17) is 21.0 Å². The van der Waals surface area contributed by atoms with Gasteiger partial charge in [0.25, 0.3) is 11.5 Å². The van der Waals surface area contributed by atoms with Crippen molar-refractivity contribution >= 4 is 40.8 Å². The van der Waals surface area contributed by atoms with Gasteiger partial charge in [-0.05, 0) is 57.4 Å². The van der Waals surface area contributed by atoms with Gasteiger partial charge in [0, 0.05) is 43.3 Å². The molecule has 2 aromatic heterocycles. The van der Waals surface area contributed by atoms with E-state index in [0.717, 1.165) is 37.4 Å². The fourth-order valence-corrected chi connectivity index (χ4v) is 6.40. The summed E-state index contributed by atoms with van der Waals surface area (Å²) in [4.78, 5) is 36.9. The average Bonchev–Trinajstić information content (AvgIpc) is 3.37. The molecule has 200 valence electrons. The van der Waals surface area contributed by atoms with Crippen LogP contribution in [0, 0.1) is 0 Å². The fraction of sp³-hybridized carbons (Fsp3) is 0.414. The Hall–Kier alpha value is -3.10. The van der Waals surface area contributed by atoms with Crippen LogP contribution in [0.5, 0.6) is 0 Å². The molecule has 1 aromatic carbocycles. The number of fused-ring (bicyclic) bond motifs is 1. The zero-order chi connectivity index (χ0) is 26.8. The Morgan fingerprint density at radius 1 is 1.11 bits per heavy atom. The first kappa shape index (κ1) is 26.5. The van der Waals surface area contributed by atoms with E-state index >= 15 is 0 Å². The molecule has 1 fully saturated rings. The van der Waals surface area contributed by atoms with Crippen LogP contribution in [0.25, 0.3) is 6.08 Å². The van der Waals surface area contributed by atoms with Crippen molar-refractivity contribution in [2.24, 2.45) is 4.99 Å². The number of rotatable bonds is 6. The highest BCUT2D eigenvalue weighted by atomic mass is 35.5. The van der Waals surface area contributed by atoms with Gasteiger partial charge in [-0.25, -0.2) is 4.99 Å². The lowest BCUT2D eigenvalue weighted by atomic mass is 9.94. The van der Waals surface area contributed by atoms with Gasteiger partial charge < -0.3 is 14.2 Å². The van der Waals surface area contributed by atoms with Crippen molar-refractivity contribution in [1.29, 1.82) is 0 Å². The van der Waals surface area contributed by atoms with E-state index in [-0.39, 0.29) is 11.5 Å². The van der Waals surface area contributed by atoms with Gasteiger partial charge in [-0.15, -0.1) is 0 Å². The molecule has 3 aromatic rings. The lowest BCUT2D eigenvalue weighted by molar-refractivity contribution is -0.127. The summed E-state index contributed by atoms with van der Waals surface area (Å²) in [6.07, 6.45) is 6.60. The standard InChI is InChI=1S/C29H33ClN4O3S/c1-4-32(5-2)28(36)25-19(3)31-29-34(26(25)20-10-12-21(30)13-11-20)27(35)23(38-29)18-22-14-15-24(37-22)33-16-8-6-7-9-17-33/h10-15,18,26H,4-9,16-17H2,1-3H3/b23-18+/t26-/m1/s1. The zero-order valence-electron chi connectivity index (χ0n) is 22.1. The first-order chi connectivity index (χ1) is 18.4. The highest BCUT2D eigenvalue weighted by Crippen LogP contribution is 2.32. The number of nitrogens with zero attached hydrogens (tertiary/aromatic N) is 4. The summed E-state index contributed by atoms with van der Waals surface area (Å²) >= 11 is 7.49. The second-order valence-electron chi connectivity index (χ2n) is 9.69. The summed E-state index contributed by atoms with van der Waals surface area (Å²) in [5.41, 5.74) is 1.75. The highest BCUT2D eigenvalue weighted by Gasteiger charge is 2.34. The Morgan fingerprint density at radius 2 is 1.79 bits per heavy atom. The molecule has 0 unspecified atom stereocenters. The number of allylic oxidation sites excluding steroid dienone is 1. The number of halogens is 1. The van der Waals surface area contributed by atoms with Crippen molar-refractivity contribution in [3.63, 3.8) is 0 Å². The Kier molecular flexibility index (Phi) is 7.91. The Morgan fingerprint density at radius 3 is 2.45 bits per heavy atom. The molecule has 0 saturated carbocycles. The molecular weight excluding hydrogens is 520 g/mol. The minimum atomic E-state index is -0.594. The topological polar surface area (TPSA) is 71.1 Å². The second kappa shape index (κ2) is 11.3. The second-order valence-corrected chi connectivity index (χ2v) is 11.1. The molecule has 0 radical (unpaired) electrons. The van der Waals surface area contributed by atoms with Crippen LogP contribution in [0.2, 0.25) is 5.02 Å². The first-order valence-electron chi connectivity index (χ1n) is 13.3. The van der Waals surface area contributed by atoms with Crippen molar-refractivity contribution in [2.75, 3.05) is 31.1 Å². The number of benzene rings is 1. The van der Waals surface area contributed by atoms with Gasteiger partial charge in [-0.1, -0.05) is 47.9 Å². The van der Waals surface area contributed by atoms with Gasteiger partial charge >= 0.3 is 0 Å². The van der Waals surface area contributed by atoms with Crippen molar-refractivity contribution < 1.29 is 9.21 Å². The van der Waals surface area contributed by atoms with Crippen LogP contribution in [0.15, 0.2) is 61.9 Å². The maximum Gasteiger partial charge on any atom is 0.271 e. The summed E-state index contributed by atoms with van der Waals surface area (Å²) < 4.78 is 8.31. The summed E-state index contributed by atoms with van der Waals surface area (Å²) in [5, 5.41) is 0.594. The molecule has 0 N–H and O–H groups in total. The van der Waals surface area contributed by atoms with Crippen LogP contribution in [0.4, 0.5) is 5.88 Å². The number of anilines is 1. The van der Waals surface area contributed by atoms with Gasteiger partial charge in [0.05, 0.1) is 21.8 Å². The van der Waals surface area contributed by atoms with E-state index in [2.05, 4.69) is 4.90 Å². The number of thiazole rings is 1. The molecule has 4 heterocycles. The average molecular weight is 553 g/mol. The molecule has 7 nitrogen and oxygen atoms in total. The van der Waals surface area contributed by atoms with Crippen molar-refractivity contribution in [3.05, 3.63) is 83.7 Å². The Balaban J connectivity index is 1.60. The van der Waals surface area contributed by atoms with Gasteiger partial charge in [0.15, 0.2) is 10.7 Å². The SMILES string of the molecule is CCN(CC)C(=O)C1=C(C)N=c2s/c(=C/c3ccc(N4CCCCCC4)o3)c(=O)n2[C@@H]1c1ccc(Cl)cc1. The van der Waals surface area contributed by atoms with Crippen molar-refractivity contribution in [2.45, 2.75) is 52.5 Å². The molecule has 9 heteroatoms. The van der Waals surface area contributed by atoms with Crippen LogP contribution < -0.4 is 19.8 Å². The number of amides is 1. The predicted molar refractivity (Wildman–Crippen MR) is 153 cm³/mol. The minimum absolute atomic E-state index is 0.112. The third-order valence-corrected chi connectivity index (χ3v) is 8.53. The van der Waals surface area contributed by atoms with Gasteiger partial charge in [0.2, 0.25) is 0 Å². The molecule has 0 bridgehead atoms. The molecule has 0 aliphatic carbocycles. The van der Waals surface area contributed by atoms with E-state index in [1.807, 2.05) is 45.0 Å². The van der Waals surface area contributed by atoms with Gasteiger partial charge in [-0.2, -0.15) is 0 Å². The number of carbonyl (C=O) groups excluding carboxylic acids is 1. The molecule has 1 amide bonds. The molecule has 5 rings (SSSR count). The largest absolute Gasteiger partial charge is 0.441 e. The van der Waals surface area contributed by atoms with Crippen LogP contribution in [-0.2, 0) is 4.79 Å². The third kappa shape index (κ3) is 5.12. The summed E-state index contributed by atoms with van der Waals surface area (Å²) in [5.74, 6) is 1.36. The summed E-state index contributed by atoms with van der Waals surface area (Å²) in [6, 6.07) is 10.6. The normalized spacial score (nSPS) is 18.3. The number of aromatic nitrogens is 1. The van der Waals surface area contributed by atoms with Crippen LogP contribution in [0.3, 0.4) is 0 Å². The molecule has 38 heavy (non-hydrogen) atoms. The third-order valence-electron chi connectivity index (χ3n) is 7.29. The van der Waals surface area contributed by atoms with Crippen LogP contribution >= 0.6 is 22.9 Å². The molecule has 2 aliphatic rings. The molecular formula is C29H33ClN4O3S. The fourth-order valence-electron chi connectivity index (χ4n) is 5.25. The van der Waals surface area contributed by atoms with E-state index in [0.29, 0.717) is 44.5 Å². The Bertz CT molecular complexity index is 1520. The van der Waals surface area contributed by atoms with E-state index in [9.17, 15) is 9.59 Å². The van der Waals surface area contributed by atoms with Crippen molar-refractivity contribution in [3.8, 4) is 0 Å². The monoisotopic (exact) mass is 552 g/mol. The summed E-state index contributed by atoms with van der Waals surface area (Å²) in [7, 11) is 0.